The highest BCUT2D eigenvalue weighted by atomic mass is 16.2. The van der Waals surface area contributed by atoms with Crippen LogP contribution in [0.3, 0.4) is 0 Å². The maximum Gasteiger partial charge on any atom is 0.225 e. The molecule has 27 heavy (non-hydrogen) atoms. The molecule has 0 unspecified atom stereocenters. The SMILES string of the molecule is Cc1nc(C)c(Cc2ccccc2)c(N2CCCN(C(=O)C3CC3)CC2)n1. The van der Waals surface area contributed by atoms with E-state index in [2.05, 4.69) is 46.0 Å². The van der Waals surface area contributed by atoms with Gasteiger partial charge in [0.15, 0.2) is 0 Å². The van der Waals surface area contributed by atoms with Crippen LogP contribution in [-0.4, -0.2) is 47.0 Å². The number of amides is 1. The first-order valence-corrected chi connectivity index (χ1v) is 10.0. The molecule has 142 valence electrons. The summed E-state index contributed by atoms with van der Waals surface area (Å²) in [5, 5.41) is 0. The molecule has 0 bridgehead atoms. The molecule has 1 aromatic heterocycles. The van der Waals surface area contributed by atoms with Crippen molar-refractivity contribution in [2.24, 2.45) is 5.92 Å². The summed E-state index contributed by atoms with van der Waals surface area (Å²) in [6.45, 7) is 7.48. The number of aromatic nitrogens is 2. The van der Waals surface area contributed by atoms with Gasteiger partial charge < -0.3 is 9.80 Å². The Morgan fingerprint density at radius 3 is 2.56 bits per heavy atom. The van der Waals surface area contributed by atoms with E-state index in [-0.39, 0.29) is 0 Å². The van der Waals surface area contributed by atoms with Crippen molar-refractivity contribution in [1.82, 2.24) is 14.9 Å². The predicted octanol–water partition coefficient (Wildman–Crippen LogP) is 3.13. The Kier molecular flexibility index (Phi) is 5.10. The number of carbonyl (C=O) groups is 1. The zero-order valence-electron chi connectivity index (χ0n) is 16.3. The van der Waals surface area contributed by atoms with Gasteiger partial charge in [0.05, 0.1) is 0 Å². The molecule has 5 heteroatoms. The van der Waals surface area contributed by atoms with Crippen molar-refractivity contribution in [3.05, 3.63) is 53.0 Å². The number of carbonyl (C=O) groups excluding carboxylic acids is 1. The molecule has 0 radical (unpaired) electrons. The summed E-state index contributed by atoms with van der Waals surface area (Å²) in [6, 6.07) is 10.5. The first-order valence-electron chi connectivity index (χ1n) is 10.0. The average molecular weight is 364 g/mol. The van der Waals surface area contributed by atoms with Crippen LogP contribution in [0.4, 0.5) is 5.82 Å². The minimum atomic E-state index is 0.300. The second-order valence-electron chi connectivity index (χ2n) is 7.76. The fraction of sp³-hybridized carbons (Fsp3) is 0.500. The fourth-order valence-electron chi connectivity index (χ4n) is 3.92. The van der Waals surface area contributed by atoms with Gasteiger partial charge in [-0.1, -0.05) is 30.3 Å². The Morgan fingerprint density at radius 1 is 1.04 bits per heavy atom. The Balaban J connectivity index is 1.57. The van der Waals surface area contributed by atoms with Gasteiger partial charge in [0.25, 0.3) is 0 Å². The van der Waals surface area contributed by atoms with Crippen LogP contribution in [-0.2, 0) is 11.2 Å². The first-order chi connectivity index (χ1) is 13.1. The summed E-state index contributed by atoms with van der Waals surface area (Å²) in [5.74, 6) is 2.52. The Bertz CT molecular complexity index is 817. The predicted molar refractivity (Wildman–Crippen MR) is 107 cm³/mol. The molecule has 4 rings (SSSR count). The van der Waals surface area contributed by atoms with E-state index in [1.807, 2.05) is 13.0 Å². The number of aryl methyl sites for hydroxylation is 2. The van der Waals surface area contributed by atoms with Gasteiger partial charge in [0.1, 0.15) is 11.6 Å². The summed E-state index contributed by atoms with van der Waals surface area (Å²) in [7, 11) is 0. The van der Waals surface area contributed by atoms with E-state index in [4.69, 9.17) is 4.98 Å². The van der Waals surface area contributed by atoms with Gasteiger partial charge in [-0.3, -0.25) is 4.79 Å². The molecule has 1 amide bonds. The van der Waals surface area contributed by atoms with E-state index in [9.17, 15) is 4.79 Å². The highest BCUT2D eigenvalue weighted by Crippen LogP contribution is 2.32. The highest BCUT2D eigenvalue weighted by Gasteiger charge is 2.34. The van der Waals surface area contributed by atoms with Gasteiger partial charge in [0.2, 0.25) is 5.91 Å². The van der Waals surface area contributed by atoms with Crippen LogP contribution < -0.4 is 4.90 Å². The lowest BCUT2D eigenvalue weighted by atomic mass is 10.0. The van der Waals surface area contributed by atoms with Crippen LogP contribution in [0.2, 0.25) is 0 Å². The summed E-state index contributed by atoms with van der Waals surface area (Å²) < 4.78 is 0. The Hall–Kier alpha value is -2.43. The topological polar surface area (TPSA) is 49.3 Å². The molecule has 2 heterocycles. The molecular formula is C22H28N4O. The minimum Gasteiger partial charge on any atom is -0.354 e. The second kappa shape index (κ2) is 7.67. The lowest BCUT2D eigenvalue weighted by molar-refractivity contribution is -0.132. The molecule has 2 aromatic rings. The van der Waals surface area contributed by atoms with Crippen molar-refractivity contribution in [2.75, 3.05) is 31.1 Å². The number of benzene rings is 1. The third-order valence-electron chi connectivity index (χ3n) is 5.56. The van der Waals surface area contributed by atoms with Crippen molar-refractivity contribution in [3.63, 3.8) is 0 Å². The fourth-order valence-corrected chi connectivity index (χ4v) is 3.92. The van der Waals surface area contributed by atoms with Crippen molar-refractivity contribution in [3.8, 4) is 0 Å². The Labute approximate surface area is 161 Å². The third-order valence-corrected chi connectivity index (χ3v) is 5.56. The van der Waals surface area contributed by atoms with Crippen molar-refractivity contribution in [2.45, 2.75) is 39.5 Å². The van der Waals surface area contributed by atoms with E-state index < -0.39 is 0 Å². The summed E-state index contributed by atoms with van der Waals surface area (Å²) >= 11 is 0. The van der Waals surface area contributed by atoms with Gasteiger partial charge in [-0.05, 0) is 38.7 Å². The number of hydrogen-bond acceptors (Lipinski definition) is 4. The van der Waals surface area contributed by atoms with E-state index in [1.165, 1.54) is 11.1 Å². The van der Waals surface area contributed by atoms with Gasteiger partial charge in [-0.25, -0.2) is 9.97 Å². The molecule has 1 saturated heterocycles. The number of rotatable bonds is 4. The van der Waals surface area contributed by atoms with Crippen LogP contribution in [0.15, 0.2) is 30.3 Å². The molecular weight excluding hydrogens is 336 g/mol. The van der Waals surface area contributed by atoms with E-state index >= 15 is 0 Å². The van der Waals surface area contributed by atoms with E-state index in [0.29, 0.717) is 11.8 Å². The highest BCUT2D eigenvalue weighted by molar-refractivity contribution is 5.81. The number of anilines is 1. The number of nitrogens with zero attached hydrogens (tertiary/aromatic N) is 4. The normalized spacial score (nSPS) is 17.7. The van der Waals surface area contributed by atoms with Crippen LogP contribution >= 0.6 is 0 Å². The van der Waals surface area contributed by atoms with Crippen molar-refractivity contribution < 1.29 is 4.79 Å². The molecule has 0 spiro atoms. The van der Waals surface area contributed by atoms with Crippen molar-refractivity contribution >= 4 is 11.7 Å². The van der Waals surface area contributed by atoms with Crippen molar-refractivity contribution in [1.29, 1.82) is 0 Å². The molecule has 1 aromatic carbocycles. The second-order valence-corrected chi connectivity index (χ2v) is 7.76. The van der Waals surface area contributed by atoms with Crippen LogP contribution in [0.1, 0.15) is 41.9 Å². The molecule has 1 aliphatic carbocycles. The van der Waals surface area contributed by atoms with Gasteiger partial charge >= 0.3 is 0 Å². The molecule has 5 nitrogen and oxygen atoms in total. The zero-order chi connectivity index (χ0) is 18.8. The quantitative estimate of drug-likeness (QED) is 0.836. The van der Waals surface area contributed by atoms with Crippen LogP contribution in [0.25, 0.3) is 0 Å². The molecule has 1 saturated carbocycles. The van der Waals surface area contributed by atoms with Gasteiger partial charge in [-0.2, -0.15) is 0 Å². The van der Waals surface area contributed by atoms with Crippen LogP contribution in [0.5, 0.6) is 0 Å². The smallest absolute Gasteiger partial charge is 0.225 e. The minimum absolute atomic E-state index is 0.300. The molecule has 0 N–H and O–H groups in total. The first kappa shape index (κ1) is 18.0. The summed E-state index contributed by atoms with van der Waals surface area (Å²) in [6.07, 6.45) is 3.98. The average Bonchev–Trinajstić information content (AvgIpc) is 3.51. The molecule has 0 atom stereocenters. The number of hydrogen-bond donors (Lipinski definition) is 0. The lowest BCUT2D eigenvalue weighted by Gasteiger charge is -2.26. The maximum absolute atomic E-state index is 12.5. The van der Waals surface area contributed by atoms with E-state index in [0.717, 1.165) is 69.2 Å². The maximum atomic E-state index is 12.5. The van der Waals surface area contributed by atoms with Gasteiger partial charge in [-0.15, -0.1) is 0 Å². The Morgan fingerprint density at radius 2 is 1.81 bits per heavy atom. The molecule has 2 fully saturated rings. The largest absolute Gasteiger partial charge is 0.354 e. The zero-order valence-corrected chi connectivity index (χ0v) is 16.3. The lowest BCUT2D eigenvalue weighted by Crippen LogP contribution is -2.36. The van der Waals surface area contributed by atoms with Crippen LogP contribution in [0, 0.1) is 19.8 Å². The third kappa shape index (κ3) is 4.12. The monoisotopic (exact) mass is 364 g/mol. The standard InChI is InChI=1S/C22H28N4O/c1-16-20(15-18-7-4-3-5-8-18)21(24-17(2)23-16)25-11-6-12-26(14-13-25)22(27)19-9-10-19/h3-5,7-8,19H,6,9-15H2,1-2H3. The molecule has 1 aliphatic heterocycles. The summed E-state index contributed by atoms with van der Waals surface area (Å²) in [4.78, 5) is 26.3. The van der Waals surface area contributed by atoms with Gasteiger partial charge in [0, 0.05) is 49.8 Å². The van der Waals surface area contributed by atoms with E-state index in [1.54, 1.807) is 0 Å². The molecule has 2 aliphatic rings. The summed E-state index contributed by atoms with van der Waals surface area (Å²) in [5.41, 5.74) is 3.53.